The Morgan fingerprint density at radius 1 is 0.977 bits per heavy atom. The number of alkyl halides is 3. The lowest BCUT2D eigenvalue weighted by Gasteiger charge is -2.55. The second-order valence-corrected chi connectivity index (χ2v) is 11.5. The first kappa shape index (κ1) is 31.1. The number of esters is 1. The Hall–Kier alpha value is -4.36. The van der Waals surface area contributed by atoms with Crippen LogP contribution in [0.4, 0.5) is 18.9 Å². The molecule has 3 atom stereocenters. The van der Waals surface area contributed by atoms with Crippen molar-refractivity contribution < 1.29 is 41.9 Å². The molecule has 2 saturated heterocycles. The molecule has 0 radical (unpaired) electrons. The van der Waals surface area contributed by atoms with Gasteiger partial charge in [0, 0.05) is 24.9 Å². The van der Waals surface area contributed by atoms with Crippen molar-refractivity contribution in [3.8, 4) is 0 Å². The number of hydrogen-bond acceptors (Lipinski definition) is 7. The number of amides is 3. The van der Waals surface area contributed by atoms with Crippen LogP contribution in [0.25, 0.3) is 0 Å². The summed E-state index contributed by atoms with van der Waals surface area (Å²) < 4.78 is 45.3. The molecule has 3 amide bonds. The van der Waals surface area contributed by atoms with Crippen LogP contribution in [0.15, 0.2) is 84.9 Å². The molecule has 2 aliphatic rings. The molecule has 3 aromatic rings. The summed E-state index contributed by atoms with van der Waals surface area (Å²) >= 11 is 1.09. The maximum Gasteiger partial charge on any atom is 0.416 e. The summed E-state index contributed by atoms with van der Waals surface area (Å²) in [4.78, 5) is 60.9. The molecule has 1 N–H and O–H groups in total. The summed E-state index contributed by atoms with van der Waals surface area (Å²) in [6, 6.07) is 20.9. The Morgan fingerprint density at radius 2 is 1.55 bits per heavy atom. The van der Waals surface area contributed by atoms with E-state index >= 15 is 0 Å². The fraction of sp³-hybridized carbons (Fsp3) is 0.290. The van der Waals surface area contributed by atoms with E-state index in [-0.39, 0.29) is 18.0 Å². The minimum Gasteiger partial charge on any atom is -0.452 e. The number of halogens is 3. The van der Waals surface area contributed by atoms with E-state index in [0.717, 1.165) is 40.9 Å². The third-order valence-electron chi connectivity index (χ3n) is 7.59. The zero-order valence-electron chi connectivity index (χ0n) is 23.6. The number of β-lactam (4-membered cyclic amide) rings is 1. The Balaban J connectivity index is 1.42. The molecular weight excluding hydrogens is 599 g/mol. The highest BCUT2D eigenvalue weighted by molar-refractivity contribution is 8.00. The van der Waals surface area contributed by atoms with Crippen LogP contribution in [0.5, 0.6) is 0 Å². The van der Waals surface area contributed by atoms with E-state index in [0.29, 0.717) is 11.1 Å². The number of fused-ring (bicyclic) bond motifs is 1. The van der Waals surface area contributed by atoms with Gasteiger partial charge in [0.1, 0.15) is 11.4 Å². The molecule has 2 heterocycles. The van der Waals surface area contributed by atoms with E-state index in [4.69, 9.17) is 9.57 Å². The first-order chi connectivity index (χ1) is 21.0. The highest BCUT2D eigenvalue weighted by Gasteiger charge is 2.62. The lowest BCUT2D eigenvalue weighted by Crippen LogP contribution is -2.75. The van der Waals surface area contributed by atoms with E-state index < -0.39 is 58.4 Å². The maximum absolute atomic E-state index is 14.0. The largest absolute Gasteiger partial charge is 0.452 e. The number of anilines is 1. The van der Waals surface area contributed by atoms with E-state index in [2.05, 4.69) is 5.48 Å². The number of rotatable bonds is 8. The van der Waals surface area contributed by atoms with Gasteiger partial charge in [-0.25, -0.2) is 5.48 Å². The van der Waals surface area contributed by atoms with Gasteiger partial charge in [-0.3, -0.25) is 28.9 Å². The van der Waals surface area contributed by atoms with Crippen LogP contribution in [0.1, 0.15) is 29.7 Å². The van der Waals surface area contributed by atoms with Crippen LogP contribution in [-0.2, 0) is 34.9 Å². The summed E-state index contributed by atoms with van der Waals surface area (Å²) in [7, 11) is 1.21. The predicted octanol–water partition coefficient (Wildman–Crippen LogP) is 4.34. The van der Waals surface area contributed by atoms with Gasteiger partial charge < -0.3 is 9.64 Å². The average Bonchev–Trinajstić information content (AvgIpc) is 3.02. The molecule has 0 spiro atoms. The minimum absolute atomic E-state index is 0.117. The number of hydrogen-bond donors (Lipinski definition) is 1. The Morgan fingerprint density at radius 3 is 2.05 bits per heavy atom. The zero-order valence-corrected chi connectivity index (χ0v) is 24.4. The molecule has 9 nitrogen and oxygen atoms in total. The fourth-order valence-corrected chi connectivity index (χ4v) is 6.93. The molecule has 230 valence electrons. The smallest absolute Gasteiger partial charge is 0.416 e. The Bertz CT molecular complexity index is 1500. The first-order valence-corrected chi connectivity index (χ1v) is 14.6. The molecule has 0 aromatic heterocycles. The van der Waals surface area contributed by atoms with E-state index in [1.54, 1.807) is 48.5 Å². The minimum atomic E-state index is -4.57. The highest BCUT2D eigenvalue weighted by atomic mass is 32.2. The van der Waals surface area contributed by atoms with Crippen molar-refractivity contribution >= 4 is 41.1 Å². The van der Waals surface area contributed by atoms with Crippen molar-refractivity contribution in [2.24, 2.45) is 5.41 Å². The molecule has 5 rings (SSSR count). The normalized spacial score (nSPS) is 21.2. The summed E-state index contributed by atoms with van der Waals surface area (Å²) in [5.74, 6) is -2.93. The molecule has 0 aliphatic carbocycles. The predicted molar refractivity (Wildman–Crippen MR) is 155 cm³/mol. The van der Waals surface area contributed by atoms with Gasteiger partial charge in [0.2, 0.25) is 11.8 Å². The van der Waals surface area contributed by atoms with E-state index in [9.17, 15) is 32.3 Å². The lowest BCUT2D eigenvalue weighted by atomic mass is 9.85. The Kier molecular flexibility index (Phi) is 8.71. The van der Waals surface area contributed by atoms with Crippen molar-refractivity contribution in [3.63, 3.8) is 0 Å². The Labute approximate surface area is 255 Å². The topological polar surface area (TPSA) is 105 Å². The number of nitrogens with one attached hydrogen (secondary N) is 1. The fourth-order valence-electron chi connectivity index (χ4n) is 5.35. The third kappa shape index (κ3) is 5.76. The van der Waals surface area contributed by atoms with Gasteiger partial charge in [0.15, 0.2) is 11.5 Å². The van der Waals surface area contributed by atoms with Crippen molar-refractivity contribution in [2.45, 2.75) is 30.6 Å². The number of carbonyl (C=O) groups is 4. The lowest BCUT2D eigenvalue weighted by molar-refractivity contribution is -0.172. The van der Waals surface area contributed by atoms with Gasteiger partial charge in [0.25, 0.3) is 5.91 Å². The average molecular weight is 628 g/mol. The van der Waals surface area contributed by atoms with Crippen LogP contribution in [0, 0.1) is 5.41 Å². The molecule has 3 aromatic carbocycles. The molecule has 2 unspecified atom stereocenters. The number of nitrogens with zero attached hydrogens (tertiary/aromatic N) is 2. The SMILES string of the molecule is CONC(=O)C1(C(=O)OC(c2ccccc2)c2ccccc2)CS[C@@H]2C(N(C(C)=O)c3ccc(C(F)(F)F)cc3)C(=O)N2C1. The second-order valence-electron chi connectivity index (χ2n) is 10.4. The van der Waals surface area contributed by atoms with Crippen LogP contribution < -0.4 is 10.4 Å². The van der Waals surface area contributed by atoms with Crippen LogP contribution >= 0.6 is 11.8 Å². The number of hydroxylamine groups is 1. The molecule has 2 fully saturated rings. The summed E-state index contributed by atoms with van der Waals surface area (Å²) in [5, 5.41) is -0.663. The van der Waals surface area contributed by atoms with Gasteiger partial charge in [0.05, 0.1) is 12.7 Å². The zero-order chi connectivity index (χ0) is 31.6. The summed E-state index contributed by atoms with van der Waals surface area (Å²) in [6.07, 6.45) is -5.42. The quantitative estimate of drug-likeness (QED) is 0.172. The highest BCUT2D eigenvalue weighted by Crippen LogP contribution is 2.46. The van der Waals surface area contributed by atoms with Gasteiger partial charge >= 0.3 is 12.1 Å². The summed E-state index contributed by atoms with van der Waals surface area (Å²) in [6.45, 7) is 0.852. The van der Waals surface area contributed by atoms with Crippen molar-refractivity contribution in [2.75, 3.05) is 24.3 Å². The number of ether oxygens (including phenoxy) is 1. The standard InChI is InChI=1S/C31H28F3N3O6S/c1-19(38)37(23-15-13-22(14-16-23)31(32,33)34)24-26(39)36-17-30(18-44-27(24)36,28(40)35-42-2)29(41)43-25(20-9-5-3-6-10-20)21-11-7-4-8-12-21/h3-16,24-25,27H,17-18H2,1-2H3,(H,35,40)/t24?,27-,30?/m1/s1. The molecule has 0 bridgehead atoms. The van der Waals surface area contributed by atoms with Crippen molar-refractivity contribution in [1.82, 2.24) is 10.4 Å². The van der Waals surface area contributed by atoms with Crippen LogP contribution in [0.2, 0.25) is 0 Å². The van der Waals surface area contributed by atoms with Gasteiger partial charge in [-0.15, -0.1) is 11.8 Å². The number of thioether (sulfide) groups is 1. The molecule has 13 heteroatoms. The molecule has 44 heavy (non-hydrogen) atoms. The second kappa shape index (κ2) is 12.3. The van der Waals surface area contributed by atoms with Crippen LogP contribution in [0.3, 0.4) is 0 Å². The number of benzene rings is 3. The van der Waals surface area contributed by atoms with E-state index in [1.807, 2.05) is 12.1 Å². The number of carbonyl (C=O) groups excluding carboxylic acids is 4. The maximum atomic E-state index is 14.0. The first-order valence-electron chi connectivity index (χ1n) is 13.5. The monoisotopic (exact) mass is 627 g/mol. The van der Waals surface area contributed by atoms with E-state index in [1.165, 1.54) is 18.9 Å². The van der Waals surface area contributed by atoms with Crippen LogP contribution in [-0.4, -0.2) is 59.4 Å². The summed E-state index contributed by atoms with van der Waals surface area (Å²) in [5.41, 5.74) is 0.911. The molecule has 0 saturated carbocycles. The van der Waals surface area contributed by atoms with Crippen molar-refractivity contribution in [1.29, 1.82) is 0 Å². The van der Waals surface area contributed by atoms with Gasteiger partial charge in [-0.1, -0.05) is 60.7 Å². The van der Waals surface area contributed by atoms with Gasteiger partial charge in [-0.05, 0) is 35.4 Å². The van der Waals surface area contributed by atoms with Crippen molar-refractivity contribution in [3.05, 3.63) is 102 Å². The molecule has 2 aliphatic heterocycles. The molecular formula is C31H28F3N3O6S. The third-order valence-corrected chi connectivity index (χ3v) is 9.11. The van der Waals surface area contributed by atoms with Gasteiger partial charge in [-0.2, -0.15) is 13.2 Å².